The number of methoxy groups -OCH3 is 1. The highest BCUT2D eigenvalue weighted by molar-refractivity contribution is 5.87. The highest BCUT2D eigenvalue weighted by atomic mass is 16.5. The van der Waals surface area contributed by atoms with Crippen molar-refractivity contribution in [2.75, 3.05) is 20.2 Å². The minimum Gasteiger partial charge on any atom is -0.481 e. The zero-order chi connectivity index (χ0) is 16.4. The van der Waals surface area contributed by atoms with Crippen LogP contribution < -0.4 is 4.74 Å². The molecule has 0 bridgehead atoms. The summed E-state index contributed by atoms with van der Waals surface area (Å²) in [6.07, 6.45) is 5.94. The fourth-order valence-electron chi connectivity index (χ4n) is 4.08. The molecule has 2 aliphatic rings. The number of hydrogen-bond acceptors (Lipinski definition) is 4. The predicted octanol–water partition coefficient (Wildman–Crippen LogP) is 2.46. The van der Waals surface area contributed by atoms with Gasteiger partial charge in [0, 0.05) is 31.4 Å². The summed E-state index contributed by atoms with van der Waals surface area (Å²) in [6.45, 7) is 6.90. The fourth-order valence-corrected chi connectivity index (χ4v) is 4.08. The molecule has 1 atom stereocenters. The predicted molar refractivity (Wildman–Crippen MR) is 89.2 cm³/mol. The third-order valence-corrected chi connectivity index (χ3v) is 5.28. The lowest BCUT2D eigenvalue weighted by Crippen LogP contribution is -2.61. The van der Waals surface area contributed by atoms with Gasteiger partial charge in [-0.25, -0.2) is 4.98 Å². The van der Waals surface area contributed by atoms with E-state index in [-0.39, 0.29) is 11.6 Å². The highest BCUT2D eigenvalue weighted by Gasteiger charge is 2.50. The molecule has 0 saturated carbocycles. The van der Waals surface area contributed by atoms with Crippen molar-refractivity contribution >= 4 is 5.91 Å². The lowest BCUT2D eigenvalue weighted by Gasteiger charge is -2.46. The zero-order valence-electron chi connectivity index (χ0n) is 14.4. The maximum absolute atomic E-state index is 13.2. The second-order valence-electron chi connectivity index (χ2n) is 6.96. The normalized spacial score (nSPS) is 25.6. The van der Waals surface area contributed by atoms with Crippen LogP contribution in [0.1, 0.15) is 45.1 Å². The molecule has 2 aliphatic heterocycles. The van der Waals surface area contributed by atoms with Crippen LogP contribution in [-0.4, -0.2) is 52.5 Å². The molecule has 2 saturated heterocycles. The molecule has 2 fully saturated rings. The van der Waals surface area contributed by atoms with Crippen molar-refractivity contribution in [2.24, 2.45) is 0 Å². The first kappa shape index (κ1) is 16.2. The molecule has 1 aromatic rings. The van der Waals surface area contributed by atoms with E-state index < -0.39 is 0 Å². The first-order chi connectivity index (χ1) is 11.1. The first-order valence-corrected chi connectivity index (χ1v) is 8.62. The number of rotatable bonds is 4. The Hall–Kier alpha value is -1.62. The monoisotopic (exact) mass is 317 g/mol. The average molecular weight is 317 g/mol. The molecule has 126 valence electrons. The molecule has 1 unspecified atom stereocenters. The molecule has 23 heavy (non-hydrogen) atoms. The molecular formula is C18H27N3O2. The summed E-state index contributed by atoms with van der Waals surface area (Å²) in [4.78, 5) is 21.8. The molecule has 3 rings (SSSR count). The summed E-state index contributed by atoms with van der Waals surface area (Å²) in [5.41, 5.74) is 0.867. The van der Waals surface area contributed by atoms with Crippen molar-refractivity contribution in [1.29, 1.82) is 0 Å². The van der Waals surface area contributed by atoms with Crippen LogP contribution in [0.5, 0.6) is 5.88 Å². The maximum Gasteiger partial charge on any atom is 0.243 e. The molecular weight excluding hydrogens is 290 g/mol. The van der Waals surface area contributed by atoms with Gasteiger partial charge in [0.2, 0.25) is 11.8 Å². The molecule has 5 nitrogen and oxygen atoms in total. The van der Waals surface area contributed by atoms with Gasteiger partial charge in [-0.3, -0.25) is 9.69 Å². The van der Waals surface area contributed by atoms with Crippen LogP contribution in [0.4, 0.5) is 0 Å². The maximum atomic E-state index is 13.2. The molecule has 1 spiro atoms. The van der Waals surface area contributed by atoms with Crippen LogP contribution in [0.25, 0.3) is 0 Å². The van der Waals surface area contributed by atoms with Crippen molar-refractivity contribution < 1.29 is 9.53 Å². The molecule has 3 heterocycles. The summed E-state index contributed by atoms with van der Waals surface area (Å²) in [5.74, 6) is 0.965. The molecule has 0 radical (unpaired) electrons. The molecule has 1 aromatic heterocycles. The largest absolute Gasteiger partial charge is 0.481 e. The number of piperidine rings is 1. The van der Waals surface area contributed by atoms with Crippen molar-refractivity contribution in [1.82, 2.24) is 14.8 Å². The van der Waals surface area contributed by atoms with Gasteiger partial charge in [-0.2, -0.15) is 0 Å². The number of nitrogens with zero attached hydrogens (tertiary/aromatic N) is 3. The second-order valence-corrected chi connectivity index (χ2v) is 6.96. The summed E-state index contributed by atoms with van der Waals surface area (Å²) < 4.78 is 5.22. The van der Waals surface area contributed by atoms with E-state index in [1.165, 1.54) is 0 Å². The van der Waals surface area contributed by atoms with E-state index in [1.54, 1.807) is 13.3 Å². The Balaban J connectivity index is 1.82. The van der Waals surface area contributed by atoms with Gasteiger partial charge < -0.3 is 9.64 Å². The summed E-state index contributed by atoms with van der Waals surface area (Å²) in [5, 5.41) is 0. The Bertz CT molecular complexity index is 575. The van der Waals surface area contributed by atoms with Gasteiger partial charge in [-0.1, -0.05) is 0 Å². The number of pyridine rings is 1. The van der Waals surface area contributed by atoms with Crippen LogP contribution in [0.3, 0.4) is 0 Å². The van der Waals surface area contributed by atoms with Crippen LogP contribution in [0.15, 0.2) is 18.3 Å². The van der Waals surface area contributed by atoms with Gasteiger partial charge in [0.15, 0.2) is 0 Å². The smallest absolute Gasteiger partial charge is 0.243 e. The lowest BCUT2D eigenvalue weighted by atomic mass is 9.84. The molecule has 0 aliphatic carbocycles. The van der Waals surface area contributed by atoms with Crippen LogP contribution in [0, 0.1) is 0 Å². The number of carbonyl (C=O) groups is 1. The third-order valence-electron chi connectivity index (χ3n) is 5.28. The SMILES string of the molecule is COc1cc(CN2CCCC23CCCN(C(C)C)C3=O)ccn1. The number of carbonyl (C=O) groups excluding carboxylic acids is 1. The van der Waals surface area contributed by atoms with Gasteiger partial charge in [0.25, 0.3) is 0 Å². The lowest BCUT2D eigenvalue weighted by molar-refractivity contribution is -0.149. The van der Waals surface area contributed by atoms with E-state index in [2.05, 4.69) is 28.6 Å². The van der Waals surface area contributed by atoms with Gasteiger partial charge in [0.05, 0.1) is 7.11 Å². The molecule has 0 N–H and O–H groups in total. The van der Waals surface area contributed by atoms with E-state index in [0.29, 0.717) is 11.8 Å². The molecule has 1 amide bonds. The van der Waals surface area contributed by atoms with Crippen molar-refractivity contribution in [3.63, 3.8) is 0 Å². The minimum absolute atomic E-state index is 0.281. The van der Waals surface area contributed by atoms with E-state index in [1.807, 2.05) is 12.1 Å². The van der Waals surface area contributed by atoms with Crippen LogP contribution in [-0.2, 0) is 11.3 Å². The summed E-state index contributed by atoms with van der Waals surface area (Å²) >= 11 is 0. The zero-order valence-corrected chi connectivity index (χ0v) is 14.4. The Morgan fingerprint density at radius 1 is 1.30 bits per heavy atom. The minimum atomic E-state index is -0.293. The third kappa shape index (κ3) is 2.94. The average Bonchev–Trinajstić information content (AvgIpc) is 2.93. The first-order valence-electron chi connectivity index (χ1n) is 8.62. The summed E-state index contributed by atoms with van der Waals surface area (Å²) in [6, 6.07) is 4.27. The van der Waals surface area contributed by atoms with Crippen molar-refractivity contribution in [3.8, 4) is 5.88 Å². The number of hydrogen-bond donors (Lipinski definition) is 0. The number of ether oxygens (including phenoxy) is 1. The number of likely N-dealkylation sites (tertiary alicyclic amines) is 2. The van der Waals surface area contributed by atoms with Crippen molar-refractivity contribution in [2.45, 2.75) is 57.7 Å². The Morgan fingerprint density at radius 3 is 2.74 bits per heavy atom. The topological polar surface area (TPSA) is 45.7 Å². The van der Waals surface area contributed by atoms with E-state index in [0.717, 1.165) is 50.9 Å². The van der Waals surface area contributed by atoms with Crippen LogP contribution >= 0.6 is 0 Å². The van der Waals surface area contributed by atoms with Gasteiger partial charge >= 0.3 is 0 Å². The molecule has 0 aromatic carbocycles. The number of amides is 1. The second kappa shape index (κ2) is 6.48. The molecule has 5 heteroatoms. The number of aromatic nitrogens is 1. The standard InChI is InChI=1S/C18H27N3O2/c1-14(2)21-11-5-8-18(17(21)22)7-4-10-20(18)13-15-6-9-19-16(12-15)23-3/h6,9,12,14H,4-5,7-8,10-11,13H2,1-3H3. The van der Waals surface area contributed by atoms with Crippen molar-refractivity contribution in [3.05, 3.63) is 23.9 Å². The Kier molecular flexibility index (Phi) is 4.57. The quantitative estimate of drug-likeness (QED) is 0.856. The highest BCUT2D eigenvalue weighted by Crippen LogP contribution is 2.39. The van der Waals surface area contributed by atoms with E-state index in [4.69, 9.17) is 4.74 Å². The Morgan fingerprint density at radius 2 is 2.04 bits per heavy atom. The van der Waals surface area contributed by atoms with Gasteiger partial charge in [0.1, 0.15) is 5.54 Å². The van der Waals surface area contributed by atoms with E-state index >= 15 is 0 Å². The van der Waals surface area contributed by atoms with Gasteiger partial charge in [-0.15, -0.1) is 0 Å². The summed E-state index contributed by atoms with van der Waals surface area (Å²) in [7, 11) is 1.63. The van der Waals surface area contributed by atoms with E-state index in [9.17, 15) is 4.79 Å². The Labute approximate surface area is 138 Å². The van der Waals surface area contributed by atoms with Gasteiger partial charge in [-0.05, 0) is 57.7 Å². The van der Waals surface area contributed by atoms with Crippen LogP contribution in [0.2, 0.25) is 0 Å². The fraction of sp³-hybridized carbons (Fsp3) is 0.667.